The molecule has 3 aliphatic rings. The largest absolute Gasteiger partial charge is 0.463 e. The van der Waals surface area contributed by atoms with E-state index in [9.17, 15) is 9.59 Å². The number of carbonyl (C=O) groups is 2. The molecule has 36 heavy (non-hydrogen) atoms. The van der Waals surface area contributed by atoms with Gasteiger partial charge in [-0.15, -0.1) is 0 Å². The molecule has 1 amide bonds. The van der Waals surface area contributed by atoms with Crippen LogP contribution in [0.2, 0.25) is 0 Å². The van der Waals surface area contributed by atoms with Gasteiger partial charge in [-0.25, -0.2) is 9.79 Å². The first-order chi connectivity index (χ1) is 17.6. The van der Waals surface area contributed by atoms with E-state index in [1.165, 1.54) is 11.8 Å². The van der Waals surface area contributed by atoms with Crippen LogP contribution in [0, 0.1) is 6.92 Å². The lowest BCUT2D eigenvalue weighted by Gasteiger charge is -2.37. The molecular formula is C28H29N3O4S. The number of thioether (sulfide) groups is 1. The van der Waals surface area contributed by atoms with Crippen molar-refractivity contribution >= 4 is 34.5 Å². The molecule has 0 aromatic heterocycles. The molecule has 0 radical (unpaired) electrons. The fourth-order valence-electron chi connectivity index (χ4n) is 4.63. The predicted octanol–water partition coefficient (Wildman–Crippen LogP) is 4.52. The number of benzene rings is 2. The normalized spacial score (nSPS) is 19.6. The molecule has 0 aliphatic carbocycles. The summed E-state index contributed by atoms with van der Waals surface area (Å²) in [7, 11) is 0. The first-order valence-corrected chi connectivity index (χ1v) is 13.1. The summed E-state index contributed by atoms with van der Waals surface area (Å²) in [6.07, 6.45) is 0.227. The van der Waals surface area contributed by atoms with Crippen molar-refractivity contribution in [3.05, 3.63) is 88.0 Å². The fourth-order valence-corrected chi connectivity index (χ4v) is 5.55. The van der Waals surface area contributed by atoms with Gasteiger partial charge in [0.25, 0.3) is 0 Å². The number of esters is 1. The third-order valence-electron chi connectivity index (χ3n) is 6.44. The van der Waals surface area contributed by atoms with Crippen molar-refractivity contribution in [3.8, 4) is 0 Å². The summed E-state index contributed by atoms with van der Waals surface area (Å²) in [6.45, 7) is 6.39. The van der Waals surface area contributed by atoms with Crippen molar-refractivity contribution in [2.45, 2.75) is 26.3 Å². The third-order valence-corrected chi connectivity index (χ3v) is 7.33. The molecule has 0 saturated carbocycles. The van der Waals surface area contributed by atoms with E-state index >= 15 is 0 Å². The minimum absolute atomic E-state index is 0.0459. The Morgan fingerprint density at radius 1 is 1.08 bits per heavy atom. The lowest BCUT2D eigenvalue weighted by atomic mass is 9.91. The summed E-state index contributed by atoms with van der Waals surface area (Å²) in [5.41, 5.74) is 4.83. The van der Waals surface area contributed by atoms with E-state index in [4.69, 9.17) is 14.5 Å². The quantitative estimate of drug-likeness (QED) is 0.540. The molecule has 2 aromatic carbocycles. The summed E-state index contributed by atoms with van der Waals surface area (Å²) >= 11 is 1.48. The van der Waals surface area contributed by atoms with Crippen LogP contribution < -0.4 is 0 Å². The number of hydrogen-bond acceptors (Lipinski definition) is 7. The monoisotopic (exact) mass is 503 g/mol. The summed E-state index contributed by atoms with van der Waals surface area (Å²) in [6, 6.07) is 17.4. The van der Waals surface area contributed by atoms with Crippen LogP contribution >= 0.6 is 11.8 Å². The highest BCUT2D eigenvalue weighted by molar-refractivity contribution is 8.16. The molecule has 8 heteroatoms. The van der Waals surface area contributed by atoms with Crippen LogP contribution in [0.25, 0.3) is 5.70 Å². The maximum absolute atomic E-state index is 13.5. The molecule has 1 saturated heterocycles. The standard InChI is InChI=1S/C28H29N3O4S/c1-3-35-27(33)24-25(20-7-5-4-6-8-20)29-28-31(26(24)21-11-9-19(2)10-12-21)22(18-36-28)17-23(32)30-13-15-34-16-14-30/h4-12,18,26H,3,13-17H2,1-2H3/t26-/m1/s1. The second kappa shape index (κ2) is 10.7. The van der Waals surface area contributed by atoms with Crippen LogP contribution in [0.3, 0.4) is 0 Å². The number of aryl methyl sites for hydroxylation is 1. The van der Waals surface area contributed by atoms with E-state index in [2.05, 4.69) is 0 Å². The van der Waals surface area contributed by atoms with Crippen LogP contribution in [-0.4, -0.2) is 59.8 Å². The molecule has 2 aromatic rings. The van der Waals surface area contributed by atoms with Gasteiger partial charge in [0.05, 0.1) is 43.6 Å². The van der Waals surface area contributed by atoms with E-state index < -0.39 is 12.0 Å². The summed E-state index contributed by atoms with van der Waals surface area (Å²) < 4.78 is 11.0. The van der Waals surface area contributed by atoms with Gasteiger partial charge in [-0.1, -0.05) is 71.9 Å². The number of ether oxygens (including phenoxy) is 2. The first kappa shape index (κ1) is 24.3. The minimum Gasteiger partial charge on any atom is -0.463 e. The lowest BCUT2D eigenvalue weighted by Crippen LogP contribution is -2.42. The Labute approximate surface area is 215 Å². The number of morpholine rings is 1. The Hall–Kier alpha value is -3.36. The zero-order valence-electron chi connectivity index (χ0n) is 20.5. The topological polar surface area (TPSA) is 71.4 Å². The van der Waals surface area contributed by atoms with Gasteiger partial charge < -0.3 is 19.3 Å². The van der Waals surface area contributed by atoms with E-state index in [-0.39, 0.29) is 18.9 Å². The van der Waals surface area contributed by atoms with E-state index in [1.54, 1.807) is 6.92 Å². The third kappa shape index (κ3) is 4.83. The van der Waals surface area contributed by atoms with Gasteiger partial charge in [-0.05, 0) is 24.8 Å². The Morgan fingerprint density at radius 2 is 1.81 bits per heavy atom. The van der Waals surface area contributed by atoms with Gasteiger partial charge in [0.1, 0.15) is 0 Å². The Kier molecular flexibility index (Phi) is 7.25. The molecular weight excluding hydrogens is 474 g/mol. The van der Waals surface area contributed by atoms with Crippen LogP contribution in [0.4, 0.5) is 0 Å². The number of nitrogens with zero attached hydrogens (tertiary/aromatic N) is 3. The van der Waals surface area contributed by atoms with Gasteiger partial charge in [-0.3, -0.25) is 4.79 Å². The number of aliphatic imine (C=N–C) groups is 1. The first-order valence-electron chi connectivity index (χ1n) is 12.2. The Bertz CT molecular complexity index is 1230. The van der Waals surface area contributed by atoms with Crippen molar-refractivity contribution in [1.82, 2.24) is 9.80 Å². The maximum atomic E-state index is 13.5. The minimum atomic E-state index is -0.467. The van der Waals surface area contributed by atoms with Crippen LogP contribution in [0.5, 0.6) is 0 Å². The molecule has 1 fully saturated rings. The zero-order valence-corrected chi connectivity index (χ0v) is 21.3. The number of carbonyl (C=O) groups excluding carboxylic acids is 2. The van der Waals surface area contributed by atoms with Crippen LogP contribution in [-0.2, 0) is 19.1 Å². The number of hydrogen-bond donors (Lipinski definition) is 0. The second-order valence-corrected chi connectivity index (χ2v) is 9.66. The maximum Gasteiger partial charge on any atom is 0.338 e. The van der Waals surface area contributed by atoms with Crippen molar-refractivity contribution in [1.29, 1.82) is 0 Å². The molecule has 0 spiro atoms. The smallest absolute Gasteiger partial charge is 0.338 e. The molecule has 0 unspecified atom stereocenters. The van der Waals surface area contributed by atoms with Crippen molar-refractivity contribution in [3.63, 3.8) is 0 Å². The molecule has 3 heterocycles. The Balaban J connectivity index is 1.60. The van der Waals surface area contributed by atoms with E-state index in [0.29, 0.717) is 37.6 Å². The molecule has 3 aliphatic heterocycles. The van der Waals surface area contributed by atoms with Crippen molar-refractivity contribution in [2.75, 3.05) is 32.9 Å². The fraction of sp³-hybridized carbons (Fsp3) is 0.321. The number of fused-ring (bicyclic) bond motifs is 1. The number of rotatable bonds is 6. The molecule has 0 N–H and O–H groups in total. The molecule has 186 valence electrons. The molecule has 1 atom stereocenters. The summed E-state index contributed by atoms with van der Waals surface area (Å²) in [5.74, 6) is -0.356. The second-order valence-electron chi connectivity index (χ2n) is 8.82. The van der Waals surface area contributed by atoms with Gasteiger partial charge in [0.15, 0.2) is 5.17 Å². The average Bonchev–Trinajstić information content (AvgIpc) is 3.31. The highest BCUT2D eigenvalue weighted by Crippen LogP contribution is 2.47. The van der Waals surface area contributed by atoms with Gasteiger partial charge >= 0.3 is 5.97 Å². The van der Waals surface area contributed by atoms with Crippen molar-refractivity contribution in [2.24, 2.45) is 4.99 Å². The van der Waals surface area contributed by atoms with Gasteiger partial charge in [-0.2, -0.15) is 0 Å². The average molecular weight is 504 g/mol. The molecule has 7 nitrogen and oxygen atoms in total. The molecule has 0 bridgehead atoms. The zero-order chi connectivity index (χ0) is 25.1. The molecule has 5 rings (SSSR count). The summed E-state index contributed by atoms with van der Waals surface area (Å²) in [4.78, 5) is 35.5. The van der Waals surface area contributed by atoms with Crippen LogP contribution in [0.15, 0.2) is 76.3 Å². The Morgan fingerprint density at radius 3 is 2.50 bits per heavy atom. The number of amidine groups is 1. The number of amides is 1. The van der Waals surface area contributed by atoms with Crippen LogP contribution in [0.1, 0.15) is 36.1 Å². The van der Waals surface area contributed by atoms with E-state index in [1.807, 2.05) is 76.7 Å². The predicted molar refractivity (Wildman–Crippen MR) is 141 cm³/mol. The highest BCUT2D eigenvalue weighted by atomic mass is 32.2. The SMILES string of the molecule is CCOC(=O)C1=C(c2ccccc2)N=C2SC=C(CC(=O)N3CCOCC3)N2[C@@H]1c1ccc(C)cc1. The lowest BCUT2D eigenvalue weighted by molar-refractivity contribution is -0.139. The van der Waals surface area contributed by atoms with Gasteiger partial charge in [0.2, 0.25) is 5.91 Å². The van der Waals surface area contributed by atoms with Gasteiger partial charge in [0, 0.05) is 24.4 Å². The highest BCUT2D eigenvalue weighted by Gasteiger charge is 2.42. The van der Waals surface area contributed by atoms with Crippen molar-refractivity contribution < 1.29 is 19.1 Å². The summed E-state index contributed by atoms with van der Waals surface area (Å²) in [5, 5.41) is 2.73. The van der Waals surface area contributed by atoms with E-state index in [0.717, 1.165) is 27.6 Å².